The van der Waals surface area contributed by atoms with Crippen molar-refractivity contribution in [2.75, 3.05) is 11.9 Å². The summed E-state index contributed by atoms with van der Waals surface area (Å²) >= 11 is 0. The molecule has 1 N–H and O–H groups in total. The SMILES string of the molecule is CCNc1cnc(CN2C(=O)C3CC3C2=O)cn1. The third kappa shape index (κ3) is 1.73. The van der Waals surface area contributed by atoms with E-state index >= 15 is 0 Å². The quantitative estimate of drug-likeness (QED) is 0.779. The molecule has 1 saturated heterocycles. The number of hydrogen-bond acceptors (Lipinski definition) is 5. The Morgan fingerprint density at radius 2 is 2.00 bits per heavy atom. The number of anilines is 1. The summed E-state index contributed by atoms with van der Waals surface area (Å²) in [5, 5.41) is 3.04. The van der Waals surface area contributed by atoms with Gasteiger partial charge in [0.1, 0.15) is 5.82 Å². The van der Waals surface area contributed by atoms with Crippen LogP contribution in [-0.2, 0) is 16.1 Å². The van der Waals surface area contributed by atoms with Crippen molar-refractivity contribution >= 4 is 17.6 Å². The van der Waals surface area contributed by atoms with Crippen LogP contribution in [0.5, 0.6) is 0 Å². The molecule has 3 rings (SSSR count). The van der Waals surface area contributed by atoms with Gasteiger partial charge in [0, 0.05) is 6.54 Å². The van der Waals surface area contributed by atoms with Crippen molar-refractivity contribution < 1.29 is 9.59 Å². The molecule has 18 heavy (non-hydrogen) atoms. The molecule has 2 fully saturated rings. The molecule has 0 radical (unpaired) electrons. The Labute approximate surface area is 104 Å². The highest BCUT2D eigenvalue weighted by molar-refractivity contribution is 6.08. The second-order valence-electron chi connectivity index (χ2n) is 4.63. The summed E-state index contributed by atoms with van der Waals surface area (Å²) in [4.78, 5) is 33.2. The smallest absolute Gasteiger partial charge is 0.233 e. The number of imide groups is 1. The molecule has 1 aliphatic heterocycles. The van der Waals surface area contributed by atoms with Crippen molar-refractivity contribution in [2.45, 2.75) is 19.9 Å². The van der Waals surface area contributed by atoms with E-state index in [4.69, 9.17) is 0 Å². The van der Waals surface area contributed by atoms with Crippen LogP contribution in [-0.4, -0.2) is 33.2 Å². The minimum Gasteiger partial charge on any atom is -0.369 e. The van der Waals surface area contributed by atoms with Crippen LogP contribution >= 0.6 is 0 Å². The normalized spacial score (nSPS) is 25.3. The summed E-state index contributed by atoms with van der Waals surface area (Å²) in [5.41, 5.74) is 0.639. The van der Waals surface area contributed by atoms with Crippen LogP contribution in [0.25, 0.3) is 0 Å². The molecule has 0 bridgehead atoms. The van der Waals surface area contributed by atoms with Gasteiger partial charge in [-0.25, -0.2) is 4.98 Å². The Balaban J connectivity index is 1.69. The molecule has 1 aromatic heterocycles. The monoisotopic (exact) mass is 246 g/mol. The fourth-order valence-electron chi connectivity index (χ4n) is 2.28. The second-order valence-corrected chi connectivity index (χ2v) is 4.63. The number of amides is 2. The molecule has 6 heteroatoms. The zero-order chi connectivity index (χ0) is 12.7. The first kappa shape index (κ1) is 11.1. The maximum atomic E-state index is 11.8. The number of nitrogens with one attached hydrogen (secondary N) is 1. The molecule has 2 amide bonds. The highest BCUT2D eigenvalue weighted by Crippen LogP contribution is 2.47. The van der Waals surface area contributed by atoms with E-state index in [2.05, 4.69) is 15.3 Å². The lowest BCUT2D eigenvalue weighted by Gasteiger charge is -2.15. The minimum atomic E-state index is -0.0532. The van der Waals surface area contributed by atoms with Crippen LogP contribution < -0.4 is 5.32 Å². The van der Waals surface area contributed by atoms with Crippen LogP contribution in [0.3, 0.4) is 0 Å². The highest BCUT2D eigenvalue weighted by Gasteiger charge is 2.58. The third-order valence-corrected chi connectivity index (χ3v) is 3.34. The lowest BCUT2D eigenvalue weighted by Crippen LogP contribution is -2.32. The molecule has 0 spiro atoms. The Morgan fingerprint density at radius 3 is 2.56 bits per heavy atom. The van der Waals surface area contributed by atoms with E-state index in [9.17, 15) is 9.59 Å². The first-order valence-corrected chi connectivity index (χ1v) is 6.10. The predicted molar refractivity (Wildman–Crippen MR) is 63.3 cm³/mol. The van der Waals surface area contributed by atoms with Gasteiger partial charge in [-0.1, -0.05) is 0 Å². The molecule has 0 aromatic carbocycles. The maximum absolute atomic E-state index is 11.8. The average Bonchev–Trinajstić information content (AvgIpc) is 3.12. The molecule has 2 aliphatic rings. The van der Waals surface area contributed by atoms with Crippen LogP contribution in [0.1, 0.15) is 19.0 Å². The minimum absolute atomic E-state index is 0.0495. The van der Waals surface area contributed by atoms with Gasteiger partial charge in [0.25, 0.3) is 0 Å². The summed E-state index contributed by atoms with van der Waals surface area (Å²) in [6.45, 7) is 2.99. The van der Waals surface area contributed by atoms with Crippen molar-refractivity contribution in [2.24, 2.45) is 11.8 Å². The van der Waals surface area contributed by atoms with Crippen molar-refractivity contribution in [3.8, 4) is 0 Å². The topological polar surface area (TPSA) is 75.2 Å². The molecule has 2 heterocycles. The summed E-state index contributed by atoms with van der Waals surface area (Å²) in [6.07, 6.45) is 3.95. The average molecular weight is 246 g/mol. The van der Waals surface area contributed by atoms with E-state index in [1.165, 1.54) is 4.90 Å². The van der Waals surface area contributed by atoms with Crippen LogP contribution in [0.15, 0.2) is 12.4 Å². The standard InChI is InChI=1S/C12H14N4O2/c1-2-13-10-5-14-7(4-15-10)6-16-11(17)8-3-9(8)12(16)18/h4-5,8-9H,2-3,6H2,1H3,(H,13,15). The number of likely N-dealkylation sites (tertiary alicyclic amines) is 1. The number of carbonyl (C=O) groups is 2. The Hall–Kier alpha value is -1.98. The van der Waals surface area contributed by atoms with Gasteiger partial charge in [0.15, 0.2) is 0 Å². The Kier molecular flexibility index (Phi) is 2.50. The van der Waals surface area contributed by atoms with Gasteiger partial charge >= 0.3 is 0 Å². The van der Waals surface area contributed by atoms with Crippen molar-refractivity contribution in [3.05, 3.63) is 18.1 Å². The number of carbonyl (C=O) groups excluding carboxylic acids is 2. The maximum Gasteiger partial charge on any atom is 0.233 e. The van der Waals surface area contributed by atoms with E-state index in [1.54, 1.807) is 12.4 Å². The van der Waals surface area contributed by atoms with Crippen molar-refractivity contribution in [1.29, 1.82) is 0 Å². The Morgan fingerprint density at radius 1 is 1.28 bits per heavy atom. The molecule has 1 saturated carbocycles. The van der Waals surface area contributed by atoms with E-state index in [-0.39, 0.29) is 30.2 Å². The first-order chi connectivity index (χ1) is 8.70. The van der Waals surface area contributed by atoms with Gasteiger partial charge < -0.3 is 5.32 Å². The van der Waals surface area contributed by atoms with Crippen LogP contribution in [0.4, 0.5) is 5.82 Å². The summed E-state index contributed by atoms with van der Waals surface area (Å²) < 4.78 is 0. The van der Waals surface area contributed by atoms with Gasteiger partial charge in [-0.3, -0.25) is 19.5 Å². The number of fused-ring (bicyclic) bond motifs is 1. The number of nitrogens with zero attached hydrogens (tertiary/aromatic N) is 3. The number of piperidine rings is 1. The summed E-state index contributed by atoms with van der Waals surface area (Å²) in [5.74, 6) is 0.492. The zero-order valence-electron chi connectivity index (χ0n) is 10.1. The fourth-order valence-corrected chi connectivity index (χ4v) is 2.28. The predicted octanol–water partition coefficient (Wildman–Crippen LogP) is 0.413. The highest BCUT2D eigenvalue weighted by atomic mass is 16.2. The van der Waals surface area contributed by atoms with E-state index in [1.807, 2.05) is 6.92 Å². The molecule has 6 nitrogen and oxygen atoms in total. The third-order valence-electron chi connectivity index (χ3n) is 3.34. The first-order valence-electron chi connectivity index (χ1n) is 6.10. The van der Waals surface area contributed by atoms with Gasteiger partial charge in [0.05, 0.1) is 36.5 Å². The van der Waals surface area contributed by atoms with E-state index in [0.29, 0.717) is 11.5 Å². The molecular formula is C12H14N4O2. The van der Waals surface area contributed by atoms with Gasteiger partial charge in [-0.05, 0) is 13.3 Å². The lowest BCUT2D eigenvalue weighted by atomic mass is 10.3. The summed E-state index contributed by atoms with van der Waals surface area (Å²) in [6, 6.07) is 0. The van der Waals surface area contributed by atoms with Gasteiger partial charge in [0.2, 0.25) is 11.8 Å². The largest absolute Gasteiger partial charge is 0.369 e. The molecule has 94 valence electrons. The molecular weight excluding hydrogens is 232 g/mol. The number of hydrogen-bond donors (Lipinski definition) is 1. The second kappa shape index (κ2) is 4.04. The number of aromatic nitrogens is 2. The lowest BCUT2D eigenvalue weighted by molar-refractivity contribution is -0.142. The van der Waals surface area contributed by atoms with E-state index in [0.717, 1.165) is 13.0 Å². The van der Waals surface area contributed by atoms with Crippen molar-refractivity contribution in [3.63, 3.8) is 0 Å². The van der Waals surface area contributed by atoms with Crippen LogP contribution in [0.2, 0.25) is 0 Å². The molecule has 1 aliphatic carbocycles. The zero-order valence-corrected chi connectivity index (χ0v) is 10.1. The fraction of sp³-hybridized carbons (Fsp3) is 0.500. The molecule has 2 atom stereocenters. The molecule has 2 unspecified atom stereocenters. The van der Waals surface area contributed by atoms with E-state index < -0.39 is 0 Å². The van der Waals surface area contributed by atoms with Crippen molar-refractivity contribution in [1.82, 2.24) is 14.9 Å². The number of rotatable bonds is 4. The Bertz CT molecular complexity index is 479. The summed E-state index contributed by atoms with van der Waals surface area (Å²) in [7, 11) is 0. The van der Waals surface area contributed by atoms with Gasteiger partial charge in [-0.2, -0.15) is 0 Å². The van der Waals surface area contributed by atoms with Crippen LogP contribution in [0, 0.1) is 11.8 Å². The molecule has 1 aromatic rings. The van der Waals surface area contributed by atoms with Gasteiger partial charge in [-0.15, -0.1) is 0 Å².